The Morgan fingerprint density at radius 2 is 1.02 bits per heavy atom. The summed E-state index contributed by atoms with van der Waals surface area (Å²) in [6.07, 6.45) is 30.7. The van der Waals surface area contributed by atoms with Gasteiger partial charge >= 0.3 is 0 Å². The Bertz CT molecular complexity index is 1370. The van der Waals surface area contributed by atoms with Crippen molar-refractivity contribution < 1.29 is 9.13 Å². The number of halogens is 1. The van der Waals surface area contributed by atoms with Crippen molar-refractivity contribution in [3.63, 3.8) is 0 Å². The van der Waals surface area contributed by atoms with E-state index < -0.39 is 0 Å². The van der Waals surface area contributed by atoms with E-state index >= 15 is 0 Å². The van der Waals surface area contributed by atoms with E-state index in [9.17, 15) is 4.39 Å². The van der Waals surface area contributed by atoms with Gasteiger partial charge in [0.15, 0.2) is 0 Å². The first-order valence-corrected chi connectivity index (χ1v) is 22.3. The Kier molecular flexibility index (Phi) is 19.9. The van der Waals surface area contributed by atoms with Crippen molar-refractivity contribution in [1.82, 2.24) is 0 Å². The van der Waals surface area contributed by atoms with E-state index in [1.165, 1.54) is 135 Å². The van der Waals surface area contributed by atoms with Crippen LogP contribution in [0.15, 0.2) is 66.7 Å². The van der Waals surface area contributed by atoms with Crippen LogP contribution in [0.4, 0.5) is 4.39 Å². The fourth-order valence-electron chi connectivity index (χ4n) is 6.96. The van der Waals surface area contributed by atoms with Gasteiger partial charge in [0.1, 0.15) is 11.6 Å². The smallest absolute Gasteiger partial charge is 0.131 e. The Morgan fingerprint density at radius 1 is 0.560 bits per heavy atom. The summed E-state index contributed by atoms with van der Waals surface area (Å²) in [5, 5.41) is 10.9. The molecule has 0 amide bonds. The van der Waals surface area contributed by atoms with Crippen LogP contribution < -0.4 is 4.74 Å². The molecule has 0 aliphatic carbocycles. The maximum absolute atomic E-state index is 14.9. The highest BCUT2D eigenvalue weighted by Gasteiger charge is 2.31. The Balaban J connectivity index is 0.935. The van der Waals surface area contributed by atoms with Crippen LogP contribution in [0.1, 0.15) is 154 Å². The molecule has 0 spiro atoms. The molecule has 5 heteroatoms. The van der Waals surface area contributed by atoms with E-state index in [0.29, 0.717) is 11.1 Å². The lowest BCUT2D eigenvalue weighted by molar-refractivity contribution is 0.304. The summed E-state index contributed by atoms with van der Waals surface area (Å²) in [5.74, 6) is 0.593. The number of unbranched alkanes of at least 4 members (excludes halogenated alkanes) is 18. The predicted octanol–water partition coefficient (Wildman–Crippen LogP) is 15.1. The van der Waals surface area contributed by atoms with Gasteiger partial charge in [0.2, 0.25) is 0 Å². The molecule has 0 saturated carbocycles. The van der Waals surface area contributed by atoms with Crippen LogP contribution in [0.2, 0.25) is 0 Å². The molecule has 3 aromatic rings. The number of ether oxygens (including phenoxy) is 1. The number of nitriles is 1. The van der Waals surface area contributed by atoms with Crippen molar-refractivity contribution >= 4 is 21.6 Å². The van der Waals surface area contributed by atoms with Crippen molar-refractivity contribution in [3.05, 3.63) is 78.1 Å². The molecule has 1 fully saturated rings. The molecule has 0 radical (unpaired) electrons. The molecule has 272 valence electrons. The van der Waals surface area contributed by atoms with Crippen molar-refractivity contribution in [3.8, 4) is 34.1 Å². The lowest BCUT2D eigenvalue weighted by Gasteiger charge is -2.35. The molecule has 2 atom stereocenters. The zero-order chi connectivity index (χ0) is 35.1. The molecule has 4 rings (SSSR count). The number of rotatable bonds is 27. The average Bonchev–Trinajstić information content (AvgIpc) is 3.13. The molecular formula is C45H62FNOS2. The number of benzene rings is 3. The Morgan fingerprint density at radius 3 is 1.50 bits per heavy atom. The quantitative estimate of drug-likeness (QED) is 0.0581. The summed E-state index contributed by atoms with van der Waals surface area (Å²) in [5.41, 5.74) is 3.67. The number of hydrogen-bond acceptors (Lipinski definition) is 4. The van der Waals surface area contributed by atoms with Gasteiger partial charge in [-0.05, 0) is 66.3 Å². The molecule has 2 nitrogen and oxygen atoms in total. The first kappa shape index (κ1) is 40.4. The number of hydrogen-bond donors (Lipinski definition) is 0. The monoisotopic (exact) mass is 715 g/mol. The van der Waals surface area contributed by atoms with E-state index in [1.807, 2.05) is 30.3 Å². The summed E-state index contributed by atoms with van der Waals surface area (Å²) >= 11 is 0. The van der Waals surface area contributed by atoms with Gasteiger partial charge in [-0.1, -0.05) is 187 Å². The van der Waals surface area contributed by atoms with Crippen LogP contribution in [0.25, 0.3) is 22.3 Å². The van der Waals surface area contributed by atoms with Crippen molar-refractivity contribution in [2.75, 3.05) is 6.61 Å². The van der Waals surface area contributed by atoms with Crippen LogP contribution in [-0.2, 0) is 0 Å². The Hall–Kier alpha value is -2.42. The molecule has 1 aliphatic heterocycles. The molecular weight excluding hydrogens is 654 g/mol. The minimum absolute atomic E-state index is 0.270. The largest absolute Gasteiger partial charge is 0.494 e. The van der Waals surface area contributed by atoms with E-state index in [1.54, 1.807) is 36.4 Å². The molecule has 3 aromatic carbocycles. The molecule has 2 unspecified atom stereocenters. The third-order valence-corrected chi connectivity index (χ3v) is 13.9. The van der Waals surface area contributed by atoms with Crippen molar-refractivity contribution in [2.45, 2.75) is 159 Å². The van der Waals surface area contributed by atoms with Gasteiger partial charge in [-0.25, -0.2) is 4.39 Å². The highest BCUT2D eigenvalue weighted by Crippen LogP contribution is 2.51. The fraction of sp³-hybridized carbons (Fsp3) is 0.578. The molecule has 0 aromatic heterocycles. The van der Waals surface area contributed by atoms with Crippen molar-refractivity contribution in [1.29, 1.82) is 5.26 Å². The molecule has 1 heterocycles. The van der Waals surface area contributed by atoms with E-state index in [0.717, 1.165) is 46.0 Å². The van der Waals surface area contributed by atoms with Gasteiger partial charge < -0.3 is 4.74 Å². The van der Waals surface area contributed by atoms with Gasteiger partial charge in [-0.3, -0.25) is 0 Å². The summed E-state index contributed by atoms with van der Waals surface area (Å²) in [7, 11) is 4.34. The summed E-state index contributed by atoms with van der Waals surface area (Å²) in [6, 6.07) is 22.4. The standard InChI is InChI=1S/C45H62FNOS2/c1-2-3-4-5-6-7-10-13-16-19-22-44-45(50-49-44)23-20-17-14-11-8-9-12-15-18-21-34-48-41-31-28-38(29-32-41)40-30-33-42(43(46)35-40)39-26-24-37(36-47)25-27-39/h24-33,35,44-45H,2-23,34H2,1H3. The van der Waals surface area contributed by atoms with Crippen LogP contribution in [-0.4, -0.2) is 17.1 Å². The molecule has 50 heavy (non-hydrogen) atoms. The van der Waals surface area contributed by atoms with Crippen LogP contribution >= 0.6 is 21.6 Å². The number of nitrogens with zero attached hydrogens (tertiary/aromatic N) is 1. The van der Waals surface area contributed by atoms with Gasteiger partial charge in [0, 0.05) is 16.1 Å². The third-order valence-electron chi connectivity index (χ3n) is 10.2. The van der Waals surface area contributed by atoms with Gasteiger partial charge in [-0.15, -0.1) is 0 Å². The van der Waals surface area contributed by atoms with Crippen LogP contribution in [0.3, 0.4) is 0 Å². The lowest BCUT2D eigenvalue weighted by Crippen LogP contribution is -2.26. The maximum Gasteiger partial charge on any atom is 0.131 e. The Labute approximate surface area is 312 Å². The molecule has 0 N–H and O–H groups in total. The predicted molar refractivity (Wildman–Crippen MR) is 217 cm³/mol. The minimum Gasteiger partial charge on any atom is -0.494 e. The van der Waals surface area contributed by atoms with E-state index in [-0.39, 0.29) is 5.82 Å². The average molecular weight is 716 g/mol. The SMILES string of the molecule is CCCCCCCCCCCCC1SSC1CCCCCCCCCCCCOc1ccc(-c2ccc(-c3ccc(C#N)cc3)c(F)c2)cc1. The maximum atomic E-state index is 14.9. The lowest BCUT2D eigenvalue weighted by atomic mass is 9.99. The van der Waals surface area contributed by atoms with Crippen LogP contribution in [0, 0.1) is 17.1 Å². The first-order valence-electron chi connectivity index (χ1n) is 20.0. The third kappa shape index (κ3) is 15.1. The topological polar surface area (TPSA) is 33.0 Å². The molecule has 0 bridgehead atoms. The van der Waals surface area contributed by atoms with E-state index in [4.69, 9.17) is 10.00 Å². The second kappa shape index (κ2) is 24.7. The highest BCUT2D eigenvalue weighted by atomic mass is 33.1. The molecule has 1 aliphatic rings. The zero-order valence-corrected chi connectivity index (χ0v) is 32.5. The van der Waals surface area contributed by atoms with Crippen LogP contribution in [0.5, 0.6) is 5.75 Å². The van der Waals surface area contributed by atoms with Gasteiger partial charge in [0.25, 0.3) is 0 Å². The summed E-state index contributed by atoms with van der Waals surface area (Å²) in [6.45, 7) is 3.04. The van der Waals surface area contributed by atoms with Gasteiger partial charge in [-0.2, -0.15) is 5.26 Å². The second-order valence-electron chi connectivity index (χ2n) is 14.3. The normalized spacial score (nSPS) is 15.5. The zero-order valence-electron chi connectivity index (χ0n) is 30.8. The van der Waals surface area contributed by atoms with E-state index in [2.05, 4.69) is 34.6 Å². The molecule has 1 saturated heterocycles. The summed E-state index contributed by atoms with van der Waals surface area (Å²) < 4.78 is 20.9. The first-order chi connectivity index (χ1) is 24.7. The minimum atomic E-state index is -0.270. The highest BCUT2D eigenvalue weighted by molar-refractivity contribution is 8.80. The fourth-order valence-corrected chi connectivity index (χ4v) is 10.0. The second-order valence-corrected chi connectivity index (χ2v) is 17.1. The van der Waals surface area contributed by atoms with Gasteiger partial charge in [0.05, 0.1) is 18.2 Å². The summed E-state index contributed by atoms with van der Waals surface area (Å²) in [4.78, 5) is 0. The van der Waals surface area contributed by atoms with Crippen molar-refractivity contribution in [2.24, 2.45) is 0 Å².